The van der Waals surface area contributed by atoms with Gasteiger partial charge in [-0.05, 0) is 38.8 Å². The monoisotopic (exact) mass is 279 g/mol. The summed E-state index contributed by atoms with van der Waals surface area (Å²) >= 11 is 0. The molecule has 1 aromatic rings. The molecule has 2 nitrogen and oxygen atoms in total. The van der Waals surface area contributed by atoms with E-state index in [9.17, 15) is 4.39 Å². The van der Waals surface area contributed by atoms with Crippen LogP contribution >= 0.6 is 0 Å². The van der Waals surface area contributed by atoms with E-state index in [1.807, 2.05) is 19.1 Å². The van der Waals surface area contributed by atoms with Gasteiger partial charge in [-0.1, -0.05) is 31.5 Å². The van der Waals surface area contributed by atoms with Crippen LogP contribution in [0.5, 0.6) is 0 Å². The third-order valence-electron chi connectivity index (χ3n) is 4.19. The van der Waals surface area contributed by atoms with Gasteiger partial charge in [0.25, 0.3) is 0 Å². The van der Waals surface area contributed by atoms with E-state index in [0.29, 0.717) is 5.92 Å². The third-order valence-corrected chi connectivity index (χ3v) is 4.19. The van der Waals surface area contributed by atoms with Crippen molar-refractivity contribution in [3.8, 4) is 0 Å². The smallest absolute Gasteiger partial charge is 0.128 e. The Labute approximate surface area is 121 Å². The van der Waals surface area contributed by atoms with Crippen molar-refractivity contribution in [1.82, 2.24) is 5.32 Å². The van der Waals surface area contributed by atoms with Crippen LogP contribution < -0.4 is 5.32 Å². The molecule has 0 spiro atoms. The Hall–Kier alpha value is -0.930. The first-order valence-corrected chi connectivity index (χ1v) is 7.78. The Morgan fingerprint density at radius 1 is 1.40 bits per heavy atom. The predicted molar refractivity (Wildman–Crippen MR) is 80.3 cm³/mol. The number of ether oxygens (including phenoxy) is 1. The fourth-order valence-electron chi connectivity index (χ4n) is 3.16. The highest BCUT2D eigenvalue weighted by atomic mass is 19.1. The predicted octanol–water partition coefficient (Wildman–Crippen LogP) is 3.99. The van der Waals surface area contributed by atoms with Crippen molar-refractivity contribution in [1.29, 1.82) is 0 Å². The lowest BCUT2D eigenvalue weighted by molar-refractivity contribution is 0.0770. The second kappa shape index (κ2) is 7.19. The van der Waals surface area contributed by atoms with Gasteiger partial charge in [0.1, 0.15) is 5.82 Å². The molecule has 1 N–H and O–H groups in total. The highest BCUT2D eigenvalue weighted by Crippen LogP contribution is 2.36. The van der Waals surface area contributed by atoms with Crippen molar-refractivity contribution in [2.75, 3.05) is 13.2 Å². The molecule has 2 rings (SSSR count). The van der Waals surface area contributed by atoms with Crippen LogP contribution in [0.3, 0.4) is 0 Å². The second-order valence-electron chi connectivity index (χ2n) is 5.73. The van der Waals surface area contributed by atoms with E-state index in [1.165, 1.54) is 0 Å². The number of benzene rings is 1. The molecule has 1 saturated heterocycles. The Balaban J connectivity index is 2.28. The molecule has 0 radical (unpaired) electrons. The Morgan fingerprint density at radius 2 is 2.20 bits per heavy atom. The molecule has 20 heavy (non-hydrogen) atoms. The molecule has 0 bridgehead atoms. The van der Waals surface area contributed by atoms with E-state index in [-0.39, 0.29) is 18.0 Å². The molecule has 1 heterocycles. The van der Waals surface area contributed by atoms with E-state index in [2.05, 4.69) is 19.2 Å². The van der Waals surface area contributed by atoms with Gasteiger partial charge in [0.15, 0.2) is 0 Å². The maximum Gasteiger partial charge on any atom is 0.128 e. The van der Waals surface area contributed by atoms with Gasteiger partial charge >= 0.3 is 0 Å². The minimum absolute atomic E-state index is 0.0577. The summed E-state index contributed by atoms with van der Waals surface area (Å²) in [6, 6.07) is 5.45. The normalized spacial score (nSPS) is 24.0. The lowest BCUT2D eigenvalue weighted by atomic mass is 9.86. The van der Waals surface area contributed by atoms with Crippen LogP contribution in [-0.2, 0) is 4.74 Å². The fourth-order valence-corrected chi connectivity index (χ4v) is 3.16. The van der Waals surface area contributed by atoms with E-state index in [1.54, 1.807) is 6.07 Å². The summed E-state index contributed by atoms with van der Waals surface area (Å²) in [6.07, 6.45) is 3.29. The quantitative estimate of drug-likeness (QED) is 0.850. The average Bonchev–Trinajstić information content (AvgIpc) is 2.91. The number of hydrogen-bond donors (Lipinski definition) is 1. The van der Waals surface area contributed by atoms with Gasteiger partial charge in [0.05, 0.1) is 6.10 Å². The maximum atomic E-state index is 14.3. The molecule has 0 amide bonds. The highest BCUT2D eigenvalue weighted by Gasteiger charge is 2.35. The summed E-state index contributed by atoms with van der Waals surface area (Å²) in [6.45, 7) is 8.00. The van der Waals surface area contributed by atoms with Gasteiger partial charge in [-0.3, -0.25) is 0 Å². The van der Waals surface area contributed by atoms with Gasteiger partial charge < -0.3 is 10.1 Å². The lowest BCUT2D eigenvalue weighted by Gasteiger charge is -2.29. The highest BCUT2D eigenvalue weighted by molar-refractivity contribution is 5.28. The van der Waals surface area contributed by atoms with Crippen LogP contribution in [0.25, 0.3) is 0 Å². The molecule has 3 heteroatoms. The van der Waals surface area contributed by atoms with Crippen molar-refractivity contribution < 1.29 is 9.13 Å². The van der Waals surface area contributed by atoms with Gasteiger partial charge in [-0.2, -0.15) is 0 Å². The Bertz CT molecular complexity index is 435. The first-order valence-electron chi connectivity index (χ1n) is 7.78. The first kappa shape index (κ1) is 15.5. The molecular formula is C17H26FNO. The van der Waals surface area contributed by atoms with E-state index < -0.39 is 0 Å². The maximum absolute atomic E-state index is 14.3. The van der Waals surface area contributed by atoms with Crippen molar-refractivity contribution in [3.05, 3.63) is 35.1 Å². The Kier molecular flexibility index (Phi) is 5.55. The molecule has 1 aliphatic heterocycles. The van der Waals surface area contributed by atoms with Crippen LogP contribution in [-0.4, -0.2) is 19.3 Å². The summed E-state index contributed by atoms with van der Waals surface area (Å²) in [5, 5.41) is 3.54. The van der Waals surface area contributed by atoms with E-state index >= 15 is 0 Å². The zero-order valence-corrected chi connectivity index (χ0v) is 12.8. The third kappa shape index (κ3) is 3.39. The molecule has 3 unspecified atom stereocenters. The molecule has 0 aliphatic carbocycles. The largest absolute Gasteiger partial charge is 0.378 e. The molecule has 1 fully saturated rings. The van der Waals surface area contributed by atoms with Crippen molar-refractivity contribution in [3.63, 3.8) is 0 Å². The van der Waals surface area contributed by atoms with E-state index in [0.717, 1.165) is 43.5 Å². The van der Waals surface area contributed by atoms with E-state index in [4.69, 9.17) is 4.74 Å². The summed E-state index contributed by atoms with van der Waals surface area (Å²) in [4.78, 5) is 0. The van der Waals surface area contributed by atoms with Crippen molar-refractivity contribution in [2.24, 2.45) is 5.92 Å². The van der Waals surface area contributed by atoms with Crippen LogP contribution in [0.2, 0.25) is 0 Å². The summed E-state index contributed by atoms with van der Waals surface area (Å²) in [5.41, 5.74) is 1.91. The second-order valence-corrected chi connectivity index (χ2v) is 5.73. The van der Waals surface area contributed by atoms with Crippen LogP contribution in [0.1, 0.15) is 50.3 Å². The summed E-state index contributed by atoms with van der Waals surface area (Å²) in [7, 11) is 0. The summed E-state index contributed by atoms with van der Waals surface area (Å²) in [5.74, 6) is 0.258. The van der Waals surface area contributed by atoms with Crippen LogP contribution in [0.4, 0.5) is 4.39 Å². The van der Waals surface area contributed by atoms with Crippen molar-refractivity contribution >= 4 is 0 Å². The topological polar surface area (TPSA) is 21.3 Å². The van der Waals surface area contributed by atoms with Gasteiger partial charge in [0, 0.05) is 24.1 Å². The van der Waals surface area contributed by atoms with Gasteiger partial charge in [0.2, 0.25) is 0 Å². The molecule has 0 saturated carbocycles. The molecule has 1 aliphatic rings. The molecule has 0 aromatic heterocycles. The van der Waals surface area contributed by atoms with Crippen LogP contribution in [0, 0.1) is 18.7 Å². The minimum atomic E-state index is -0.106. The number of aryl methyl sites for hydroxylation is 1. The lowest BCUT2D eigenvalue weighted by Crippen LogP contribution is -2.34. The van der Waals surface area contributed by atoms with Gasteiger partial charge in [-0.25, -0.2) is 4.39 Å². The molecule has 1 aromatic carbocycles. The van der Waals surface area contributed by atoms with Gasteiger partial charge in [-0.15, -0.1) is 0 Å². The van der Waals surface area contributed by atoms with Crippen molar-refractivity contribution in [2.45, 2.75) is 52.2 Å². The fraction of sp³-hybridized carbons (Fsp3) is 0.647. The zero-order valence-electron chi connectivity index (χ0n) is 12.8. The first-order chi connectivity index (χ1) is 9.67. The molecule has 112 valence electrons. The standard InChI is InChI=1S/C17H26FNO/c1-4-9-19-17(13-8-10-20-16(13)5-2)14-11-12(3)6-7-15(14)18/h6-7,11,13,16-17,19H,4-5,8-10H2,1-3H3. The number of hydrogen-bond acceptors (Lipinski definition) is 2. The summed E-state index contributed by atoms with van der Waals surface area (Å²) < 4.78 is 20.1. The van der Waals surface area contributed by atoms with Crippen LogP contribution in [0.15, 0.2) is 18.2 Å². The number of nitrogens with one attached hydrogen (secondary N) is 1. The number of rotatable bonds is 6. The average molecular weight is 279 g/mol. The minimum Gasteiger partial charge on any atom is -0.378 e. The molecule has 3 atom stereocenters. The Morgan fingerprint density at radius 3 is 2.90 bits per heavy atom. The SMILES string of the molecule is CCCNC(c1cc(C)ccc1F)C1CCOC1CC. The zero-order chi connectivity index (χ0) is 14.5. The molecular weight excluding hydrogens is 253 g/mol. The number of halogens is 1.